The summed E-state index contributed by atoms with van der Waals surface area (Å²) >= 11 is 0. The number of amides is 3. The third-order valence-corrected chi connectivity index (χ3v) is 6.21. The fourth-order valence-electron chi connectivity index (χ4n) is 4.08. The van der Waals surface area contributed by atoms with Crippen LogP contribution < -0.4 is 21.7 Å². The van der Waals surface area contributed by atoms with Crippen LogP contribution in [0.5, 0.6) is 0 Å². The first kappa shape index (κ1) is 26.0. The van der Waals surface area contributed by atoms with Gasteiger partial charge in [0.1, 0.15) is 18.8 Å². The molecule has 200 valence electrons. The standard InChI is InChI=1S/C29H24FN7O3/c1-17-5-8-22(35-28(39)20-4-2-3-18(13-20)15-30)14-24(17)36-29(40)37-12-11-23-26(32-16-33-27(23)37)34-21-9-6-19(7-10-21)25(31)38/h2-14,16H,15H2,1H3,(H2,31,38)(H,35,39)(H,36,40)(H,32,33,34). The van der Waals surface area contributed by atoms with Crippen molar-refractivity contribution in [3.05, 3.63) is 108 Å². The highest BCUT2D eigenvalue weighted by atomic mass is 19.1. The number of benzene rings is 3. The number of carbonyl (C=O) groups is 3. The smallest absolute Gasteiger partial charge is 0.331 e. The Hall–Kier alpha value is -5.58. The highest BCUT2D eigenvalue weighted by molar-refractivity contribution is 6.05. The van der Waals surface area contributed by atoms with Gasteiger partial charge in [0, 0.05) is 34.4 Å². The summed E-state index contributed by atoms with van der Waals surface area (Å²) in [5.41, 5.74) is 9.19. The molecule has 10 nitrogen and oxygen atoms in total. The van der Waals surface area contributed by atoms with Crippen LogP contribution in [0.1, 0.15) is 31.8 Å². The van der Waals surface area contributed by atoms with Gasteiger partial charge in [-0.15, -0.1) is 0 Å². The Morgan fingerprint density at radius 2 is 1.68 bits per heavy atom. The molecule has 0 atom stereocenters. The Balaban J connectivity index is 1.34. The topological polar surface area (TPSA) is 144 Å². The lowest BCUT2D eigenvalue weighted by Gasteiger charge is -2.13. The number of nitrogens with zero attached hydrogens (tertiary/aromatic N) is 3. The molecule has 0 radical (unpaired) electrons. The molecule has 11 heteroatoms. The lowest BCUT2D eigenvalue weighted by molar-refractivity contribution is 0.0997. The van der Waals surface area contributed by atoms with E-state index in [0.29, 0.717) is 50.6 Å². The number of aromatic nitrogens is 3. The van der Waals surface area contributed by atoms with E-state index in [2.05, 4.69) is 25.9 Å². The van der Waals surface area contributed by atoms with Crippen molar-refractivity contribution in [2.24, 2.45) is 5.73 Å². The van der Waals surface area contributed by atoms with E-state index in [1.54, 1.807) is 72.9 Å². The van der Waals surface area contributed by atoms with E-state index in [9.17, 15) is 18.8 Å². The van der Waals surface area contributed by atoms with Gasteiger partial charge in [0.25, 0.3) is 5.91 Å². The Labute approximate surface area is 228 Å². The van der Waals surface area contributed by atoms with E-state index in [1.165, 1.54) is 17.0 Å². The van der Waals surface area contributed by atoms with Crippen LogP contribution in [0.2, 0.25) is 0 Å². The summed E-state index contributed by atoms with van der Waals surface area (Å²) in [6.45, 7) is 1.16. The van der Waals surface area contributed by atoms with Gasteiger partial charge in [-0.05, 0) is 72.6 Å². The Kier molecular flexibility index (Phi) is 7.18. The van der Waals surface area contributed by atoms with Gasteiger partial charge < -0.3 is 21.7 Å². The predicted octanol–water partition coefficient (Wildman–Crippen LogP) is 5.38. The lowest BCUT2D eigenvalue weighted by Crippen LogP contribution is -2.20. The molecule has 0 aliphatic carbocycles. The van der Waals surface area contributed by atoms with Gasteiger partial charge in [0.15, 0.2) is 5.65 Å². The molecular weight excluding hydrogens is 513 g/mol. The second-order valence-corrected chi connectivity index (χ2v) is 8.96. The van der Waals surface area contributed by atoms with Gasteiger partial charge in [-0.2, -0.15) is 0 Å². The zero-order valence-corrected chi connectivity index (χ0v) is 21.3. The van der Waals surface area contributed by atoms with Crippen molar-refractivity contribution in [3.63, 3.8) is 0 Å². The SMILES string of the molecule is Cc1ccc(NC(=O)c2cccc(CF)c2)cc1NC(=O)n1ccc2c(Nc3ccc(C(N)=O)cc3)ncnc21. The maximum absolute atomic E-state index is 13.2. The number of nitrogens with one attached hydrogen (secondary N) is 3. The zero-order chi connectivity index (χ0) is 28.2. The third kappa shape index (κ3) is 5.48. The van der Waals surface area contributed by atoms with E-state index in [4.69, 9.17) is 5.73 Å². The van der Waals surface area contributed by atoms with Crippen LogP contribution in [0, 0.1) is 6.92 Å². The number of carbonyl (C=O) groups excluding carboxylic acids is 3. The molecule has 3 aromatic carbocycles. The average Bonchev–Trinajstić information content (AvgIpc) is 3.40. The van der Waals surface area contributed by atoms with Crippen molar-refractivity contribution in [2.45, 2.75) is 13.6 Å². The highest BCUT2D eigenvalue weighted by Crippen LogP contribution is 2.26. The first-order valence-electron chi connectivity index (χ1n) is 12.2. The molecule has 5 aromatic rings. The molecule has 0 aliphatic heterocycles. The molecule has 0 saturated carbocycles. The average molecular weight is 538 g/mol. The molecular formula is C29H24FN7O3. The monoisotopic (exact) mass is 537 g/mol. The van der Waals surface area contributed by atoms with Crippen molar-refractivity contribution in [1.82, 2.24) is 14.5 Å². The molecule has 5 rings (SSSR count). The largest absolute Gasteiger partial charge is 0.366 e. The molecule has 2 heterocycles. The predicted molar refractivity (Wildman–Crippen MR) is 151 cm³/mol. The molecule has 40 heavy (non-hydrogen) atoms. The zero-order valence-electron chi connectivity index (χ0n) is 21.3. The summed E-state index contributed by atoms with van der Waals surface area (Å²) in [4.78, 5) is 45.8. The lowest BCUT2D eigenvalue weighted by atomic mass is 10.1. The molecule has 5 N–H and O–H groups in total. The Bertz CT molecular complexity index is 1750. The molecule has 0 aliphatic rings. The highest BCUT2D eigenvalue weighted by Gasteiger charge is 2.16. The van der Waals surface area contributed by atoms with Crippen LogP contribution >= 0.6 is 0 Å². The summed E-state index contributed by atoms with van der Waals surface area (Å²) in [6, 6.07) is 19.3. The second kappa shape index (κ2) is 11.0. The van der Waals surface area contributed by atoms with Crippen molar-refractivity contribution in [2.75, 3.05) is 16.0 Å². The number of nitrogens with two attached hydrogens (primary N) is 1. The third-order valence-electron chi connectivity index (χ3n) is 6.21. The number of hydrogen-bond donors (Lipinski definition) is 4. The van der Waals surface area contributed by atoms with Crippen molar-refractivity contribution in [3.8, 4) is 0 Å². The van der Waals surface area contributed by atoms with E-state index in [0.717, 1.165) is 5.56 Å². The molecule has 0 bridgehead atoms. The van der Waals surface area contributed by atoms with Crippen LogP contribution in [0.15, 0.2) is 85.3 Å². The maximum Gasteiger partial charge on any atom is 0.331 e. The van der Waals surface area contributed by atoms with Crippen LogP contribution in [-0.2, 0) is 6.67 Å². The Morgan fingerprint density at radius 1 is 0.900 bits per heavy atom. The number of alkyl halides is 1. The summed E-state index contributed by atoms with van der Waals surface area (Å²) in [6.07, 6.45) is 2.92. The molecule has 0 fully saturated rings. The van der Waals surface area contributed by atoms with Gasteiger partial charge in [-0.1, -0.05) is 18.2 Å². The number of hydrogen-bond acceptors (Lipinski definition) is 6. The van der Waals surface area contributed by atoms with Crippen molar-refractivity contribution in [1.29, 1.82) is 0 Å². The fourth-order valence-corrected chi connectivity index (χ4v) is 4.08. The van der Waals surface area contributed by atoms with Gasteiger partial charge in [-0.3, -0.25) is 14.2 Å². The van der Waals surface area contributed by atoms with Crippen LogP contribution in [0.25, 0.3) is 11.0 Å². The second-order valence-electron chi connectivity index (χ2n) is 8.96. The molecule has 3 amide bonds. The number of rotatable bonds is 7. The normalized spacial score (nSPS) is 10.8. The minimum atomic E-state index is -0.664. The summed E-state index contributed by atoms with van der Waals surface area (Å²) < 4.78 is 14.3. The summed E-state index contributed by atoms with van der Waals surface area (Å²) in [5, 5.41) is 9.40. The first-order chi connectivity index (χ1) is 19.3. The minimum absolute atomic E-state index is 0.327. The van der Waals surface area contributed by atoms with Crippen LogP contribution in [0.4, 0.5) is 32.1 Å². The quantitative estimate of drug-likeness (QED) is 0.219. The van der Waals surface area contributed by atoms with E-state index >= 15 is 0 Å². The van der Waals surface area contributed by atoms with Gasteiger partial charge >= 0.3 is 6.03 Å². The van der Waals surface area contributed by atoms with Gasteiger partial charge in [0.05, 0.1) is 5.39 Å². The van der Waals surface area contributed by atoms with Gasteiger partial charge in [0.2, 0.25) is 5.91 Å². The first-order valence-corrected chi connectivity index (χ1v) is 12.2. The number of halogens is 1. The number of primary amides is 1. The maximum atomic E-state index is 13.2. The summed E-state index contributed by atoms with van der Waals surface area (Å²) in [7, 11) is 0. The molecule has 0 unspecified atom stereocenters. The molecule has 0 saturated heterocycles. The number of anilines is 4. The number of aryl methyl sites for hydroxylation is 1. The summed E-state index contributed by atoms with van der Waals surface area (Å²) in [5.74, 6) is -0.444. The molecule has 0 spiro atoms. The minimum Gasteiger partial charge on any atom is -0.366 e. The van der Waals surface area contributed by atoms with E-state index < -0.39 is 24.5 Å². The van der Waals surface area contributed by atoms with Crippen molar-refractivity contribution >= 4 is 51.8 Å². The van der Waals surface area contributed by atoms with E-state index in [-0.39, 0.29) is 0 Å². The fraction of sp³-hybridized carbons (Fsp3) is 0.0690. The Morgan fingerprint density at radius 3 is 2.42 bits per heavy atom. The molecule has 2 aromatic heterocycles. The van der Waals surface area contributed by atoms with Crippen LogP contribution in [0.3, 0.4) is 0 Å². The van der Waals surface area contributed by atoms with Crippen molar-refractivity contribution < 1.29 is 18.8 Å². The number of fused-ring (bicyclic) bond motifs is 1. The van der Waals surface area contributed by atoms with E-state index in [1.807, 2.05) is 6.92 Å². The van der Waals surface area contributed by atoms with Crippen LogP contribution in [-0.4, -0.2) is 32.4 Å². The van der Waals surface area contributed by atoms with Gasteiger partial charge in [-0.25, -0.2) is 19.2 Å².